The molecule has 0 radical (unpaired) electrons. The van der Waals surface area contributed by atoms with Gasteiger partial charge in [0.1, 0.15) is 4.90 Å². The van der Waals surface area contributed by atoms with E-state index in [0.29, 0.717) is 36.3 Å². The van der Waals surface area contributed by atoms with Crippen LogP contribution in [0.2, 0.25) is 0 Å². The highest BCUT2D eigenvalue weighted by Gasteiger charge is 2.24. The third-order valence-corrected chi connectivity index (χ3v) is 8.71. The van der Waals surface area contributed by atoms with Crippen LogP contribution in [0, 0.1) is 0 Å². The lowest BCUT2D eigenvalue weighted by molar-refractivity contribution is 0.0635. The number of nitrogens with zero attached hydrogens (tertiary/aromatic N) is 3. The van der Waals surface area contributed by atoms with Gasteiger partial charge >= 0.3 is 0 Å². The van der Waals surface area contributed by atoms with Crippen LogP contribution < -0.4 is 4.72 Å². The maximum Gasteiger partial charge on any atom is 0.264 e. The van der Waals surface area contributed by atoms with Gasteiger partial charge in [0.2, 0.25) is 0 Å². The molecule has 7 nitrogen and oxygen atoms in total. The molecule has 1 N–H and O–H groups in total. The van der Waals surface area contributed by atoms with Crippen molar-refractivity contribution in [3.63, 3.8) is 0 Å². The fourth-order valence-corrected chi connectivity index (χ4v) is 6.39. The zero-order valence-corrected chi connectivity index (χ0v) is 23.0. The lowest BCUT2D eigenvalue weighted by atomic mass is 10.0. The summed E-state index contributed by atoms with van der Waals surface area (Å²) < 4.78 is 29.2. The van der Waals surface area contributed by atoms with Gasteiger partial charge in [-0.25, -0.2) is 8.42 Å². The van der Waals surface area contributed by atoms with Crippen molar-refractivity contribution in [2.24, 2.45) is 0 Å². The van der Waals surface area contributed by atoms with Gasteiger partial charge in [-0.15, -0.1) is 0 Å². The number of rotatable bonds is 9. The van der Waals surface area contributed by atoms with E-state index in [4.69, 9.17) is 0 Å². The standard InChI is InChI=1S/C31H34N4O3S/c1-2-25-23-27(33-39(37,38)29-14-6-12-26-13-7-17-32-30(26)29)15-16-28(25)31(36)35-21-19-34(20-22-35)18-8-11-24-9-4-3-5-10-24/h3-7,9-10,12-17,23,33H,2,8,11,18-22H2,1H3. The molecule has 3 aromatic carbocycles. The lowest BCUT2D eigenvalue weighted by Gasteiger charge is -2.35. The Morgan fingerprint density at radius 2 is 1.69 bits per heavy atom. The number of aryl methyl sites for hydroxylation is 2. The van der Waals surface area contributed by atoms with Gasteiger partial charge in [-0.2, -0.15) is 0 Å². The molecule has 0 atom stereocenters. The SMILES string of the molecule is CCc1cc(NS(=O)(=O)c2cccc3cccnc23)ccc1C(=O)N1CCN(CCCc2ccccc2)CC1. The van der Waals surface area contributed by atoms with E-state index in [0.717, 1.165) is 43.4 Å². The van der Waals surface area contributed by atoms with E-state index in [1.807, 2.05) is 30.0 Å². The molecule has 1 saturated heterocycles. The normalized spacial score (nSPS) is 14.4. The number of para-hydroxylation sites is 1. The Morgan fingerprint density at radius 1 is 0.923 bits per heavy atom. The molecule has 1 aliphatic heterocycles. The summed E-state index contributed by atoms with van der Waals surface area (Å²) in [6.45, 7) is 6.10. The first kappa shape index (κ1) is 26.8. The number of benzene rings is 3. The van der Waals surface area contributed by atoms with Crippen molar-refractivity contribution in [1.29, 1.82) is 0 Å². The molecule has 1 fully saturated rings. The molecular weight excluding hydrogens is 508 g/mol. The Bertz CT molecular complexity index is 1540. The Morgan fingerprint density at radius 3 is 2.46 bits per heavy atom. The molecule has 0 bridgehead atoms. The number of amides is 1. The van der Waals surface area contributed by atoms with Crippen molar-refractivity contribution in [3.05, 3.63) is 102 Å². The van der Waals surface area contributed by atoms with Gasteiger partial charge in [-0.05, 0) is 67.3 Å². The van der Waals surface area contributed by atoms with Crippen LogP contribution in [0.25, 0.3) is 10.9 Å². The average Bonchev–Trinajstić information content (AvgIpc) is 2.97. The molecule has 0 saturated carbocycles. The number of hydrogen-bond acceptors (Lipinski definition) is 5. The largest absolute Gasteiger partial charge is 0.336 e. The van der Waals surface area contributed by atoms with Crippen LogP contribution in [-0.2, 0) is 22.9 Å². The number of hydrogen-bond donors (Lipinski definition) is 1. The first-order valence-electron chi connectivity index (χ1n) is 13.5. The predicted molar refractivity (Wildman–Crippen MR) is 155 cm³/mol. The summed E-state index contributed by atoms with van der Waals surface area (Å²) in [6, 6.07) is 24.4. The fraction of sp³-hybridized carbons (Fsp3) is 0.290. The van der Waals surface area contributed by atoms with Crippen molar-refractivity contribution >= 4 is 32.5 Å². The van der Waals surface area contributed by atoms with Gasteiger partial charge in [0.15, 0.2) is 0 Å². The van der Waals surface area contributed by atoms with E-state index in [2.05, 4.69) is 38.9 Å². The summed E-state index contributed by atoms with van der Waals surface area (Å²) in [6.07, 6.45) is 4.37. The molecule has 0 spiro atoms. The van der Waals surface area contributed by atoms with E-state index in [1.54, 1.807) is 42.6 Å². The molecule has 0 aliphatic carbocycles. The van der Waals surface area contributed by atoms with Crippen LogP contribution in [0.5, 0.6) is 0 Å². The van der Waals surface area contributed by atoms with Crippen LogP contribution >= 0.6 is 0 Å². The molecule has 202 valence electrons. The molecule has 4 aromatic rings. The highest BCUT2D eigenvalue weighted by atomic mass is 32.2. The first-order valence-corrected chi connectivity index (χ1v) is 15.0. The number of carbonyl (C=O) groups is 1. The minimum Gasteiger partial charge on any atom is -0.336 e. The van der Waals surface area contributed by atoms with Gasteiger partial charge in [0.25, 0.3) is 15.9 Å². The zero-order chi connectivity index (χ0) is 27.2. The summed E-state index contributed by atoms with van der Waals surface area (Å²) in [5.74, 6) is 0.00319. The van der Waals surface area contributed by atoms with E-state index in [9.17, 15) is 13.2 Å². The zero-order valence-electron chi connectivity index (χ0n) is 22.2. The number of aromatic nitrogens is 1. The number of pyridine rings is 1. The van der Waals surface area contributed by atoms with Gasteiger partial charge in [-0.3, -0.25) is 19.4 Å². The van der Waals surface area contributed by atoms with Crippen molar-refractivity contribution in [3.8, 4) is 0 Å². The van der Waals surface area contributed by atoms with Crippen LogP contribution in [-0.4, -0.2) is 61.8 Å². The minimum absolute atomic E-state index is 0.00319. The van der Waals surface area contributed by atoms with Gasteiger partial charge in [-0.1, -0.05) is 55.5 Å². The molecule has 8 heteroatoms. The number of fused-ring (bicyclic) bond motifs is 1. The number of nitrogens with one attached hydrogen (secondary N) is 1. The van der Waals surface area contributed by atoms with Crippen LogP contribution in [0.15, 0.2) is 90.0 Å². The Labute approximate surface area is 230 Å². The lowest BCUT2D eigenvalue weighted by Crippen LogP contribution is -2.49. The third kappa shape index (κ3) is 6.29. The predicted octanol–water partition coefficient (Wildman–Crippen LogP) is 4.99. The smallest absolute Gasteiger partial charge is 0.264 e. The molecule has 1 aliphatic rings. The van der Waals surface area contributed by atoms with E-state index in [1.165, 1.54) is 5.56 Å². The second kappa shape index (κ2) is 12.0. The summed E-state index contributed by atoms with van der Waals surface area (Å²) in [5, 5.41) is 0.756. The average molecular weight is 543 g/mol. The summed E-state index contributed by atoms with van der Waals surface area (Å²) in [7, 11) is -3.86. The maximum atomic E-state index is 13.4. The van der Waals surface area contributed by atoms with E-state index in [-0.39, 0.29) is 10.8 Å². The van der Waals surface area contributed by atoms with Crippen LogP contribution in [0.3, 0.4) is 0 Å². The second-order valence-corrected chi connectivity index (χ2v) is 11.5. The topological polar surface area (TPSA) is 82.6 Å². The van der Waals surface area contributed by atoms with Crippen LogP contribution in [0.4, 0.5) is 5.69 Å². The van der Waals surface area contributed by atoms with E-state index >= 15 is 0 Å². The molecule has 2 heterocycles. The van der Waals surface area contributed by atoms with Crippen molar-refractivity contribution in [1.82, 2.24) is 14.8 Å². The van der Waals surface area contributed by atoms with Gasteiger partial charge in [0, 0.05) is 49.0 Å². The maximum absolute atomic E-state index is 13.4. The molecule has 0 unspecified atom stereocenters. The summed E-state index contributed by atoms with van der Waals surface area (Å²) in [4.78, 5) is 22.1. The first-order chi connectivity index (χ1) is 18.9. The summed E-state index contributed by atoms with van der Waals surface area (Å²) >= 11 is 0. The van der Waals surface area contributed by atoms with Crippen LogP contribution in [0.1, 0.15) is 34.8 Å². The molecular formula is C31H34N4O3S. The summed E-state index contributed by atoms with van der Waals surface area (Å²) in [5.41, 5.74) is 3.66. The number of carbonyl (C=O) groups excluding carboxylic acids is 1. The second-order valence-electron chi connectivity index (χ2n) is 9.89. The molecule has 5 rings (SSSR count). The molecule has 39 heavy (non-hydrogen) atoms. The minimum atomic E-state index is -3.86. The number of piperazine rings is 1. The highest BCUT2D eigenvalue weighted by Crippen LogP contribution is 2.25. The number of sulfonamides is 1. The van der Waals surface area contributed by atoms with Gasteiger partial charge in [0.05, 0.1) is 5.52 Å². The highest BCUT2D eigenvalue weighted by molar-refractivity contribution is 7.93. The van der Waals surface area contributed by atoms with Gasteiger partial charge < -0.3 is 4.90 Å². The Hall–Kier alpha value is -3.75. The Kier molecular flexibility index (Phi) is 8.24. The van der Waals surface area contributed by atoms with E-state index < -0.39 is 10.0 Å². The fourth-order valence-electron chi connectivity index (χ4n) is 5.16. The monoisotopic (exact) mass is 542 g/mol. The third-order valence-electron chi connectivity index (χ3n) is 7.30. The Balaban J connectivity index is 1.22. The quantitative estimate of drug-likeness (QED) is 0.322. The van der Waals surface area contributed by atoms with Crippen molar-refractivity contribution in [2.45, 2.75) is 31.1 Å². The molecule has 1 amide bonds. The van der Waals surface area contributed by atoms with Crippen molar-refractivity contribution in [2.75, 3.05) is 37.4 Å². The number of anilines is 1. The van der Waals surface area contributed by atoms with Crippen molar-refractivity contribution < 1.29 is 13.2 Å². The molecule has 1 aromatic heterocycles.